The fourth-order valence-corrected chi connectivity index (χ4v) is 3.42. The minimum atomic E-state index is -1.76. The number of ether oxygens (including phenoxy) is 2. The molecule has 0 aliphatic carbocycles. The molecule has 9 nitrogen and oxygen atoms in total. The average Bonchev–Trinajstić information content (AvgIpc) is 2.71. The summed E-state index contributed by atoms with van der Waals surface area (Å²) >= 11 is 0. The zero-order chi connectivity index (χ0) is 23.3. The molecule has 0 atom stereocenters. The number of esters is 1. The molecule has 10 heteroatoms. The number of carbonyl (C=O) groups is 1. The molecule has 0 radical (unpaired) electrons. The topological polar surface area (TPSA) is 115 Å². The minimum Gasteiger partial charge on any atom is -0.465 e. The number of rotatable bonds is 15. The first-order chi connectivity index (χ1) is 14.6. The molecular weight excluding hydrogens is 416 g/mol. The van der Waals surface area contributed by atoms with Crippen LogP contribution in [0.15, 0.2) is 6.20 Å². The van der Waals surface area contributed by atoms with Crippen LogP contribution in [0.4, 0.5) is 11.8 Å². The molecule has 1 rings (SSSR count). The van der Waals surface area contributed by atoms with Gasteiger partial charge in [0, 0.05) is 25.9 Å². The number of nitrogens with one attached hydrogen (secondary N) is 2. The fourth-order valence-electron chi connectivity index (χ4n) is 2.39. The van der Waals surface area contributed by atoms with Gasteiger partial charge in [-0.25, -0.2) is 9.78 Å². The molecule has 0 aliphatic heterocycles. The van der Waals surface area contributed by atoms with E-state index in [0.29, 0.717) is 44.7 Å². The Morgan fingerprint density at radius 1 is 1.10 bits per heavy atom. The van der Waals surface area contributed by atoms with Gasteiger partial charge in [0.05, 0.1) is 26.9 Å². The summed E-state index contributed by atoms with van der Waals surface area (Å²) in [4.78, 5) is 20.6. The summed E-state index contributed by atoms with van der Waals surface area (Å²) in [6.07, 6.45) is 4.05. The highest BCUT2D eigenvalue weighted by Gasteiger charge is 2.36. The van der Waals surface area contributed by atoms with Gasteiger partial charge in [-0.1, -0.05) is 20.8 Å². The Morgan fingerprint density at radius 3 is 2.48 bits per heavy atom. The SMILES string of the molecule is COC(=O)c1cnc(NCCCCCO)nc1NCCOCCO[Si](C)(C)C(C)(C)C. The fraction of sp³-hybridized carbons (Fsp3) is 0.762. The van der Waals surface area contributed by atoms with Gasteiger partial charge in [0.2, 0.25) is 5.95 Å². The van der Waals surface area contributed by atoms with Crippen molar-refractivity contribution in [3.8, 4) is 0 Å². The Morgan fingerprint density at radius 2 is 1.84 bits per heavy atom. The second kappa shape index (κ2) is 13.6. The van der Waals surface area contributed by atoms with E-state index in [1.807, 2.05) is 0 Å². The van der Waals surface area contributed by atoms with Gasteiger partial charge in [0.15, 0.2) is 8.32 Å². The molecule has 1 aromatic heterocycles. The van der Waals surface area contributed by atoms with E-state index in [0.717, 1.165) is 19.3 Å². The zero-order valence-corrected chi connectivity index (χ0v) is 20.9. The summed E-state index contributed by atoms with van der Waals surface area (Å²) < 4.78 is 16.6. The van der Waals surface area contributed by atoms with Crippen molar-refractivity contribution in [2.24, 2.45) is 0 Å². The highest BCUT2D eigenvalue weighted by atomic mass is 28.4. The van der Waals surface area contributed by atoms with Crippen molar-refractivity contribution in [1.29, 1.82) is 0 Å². The smallest absolute Gasteiger partial charge is 0.343 e. The largest absolute Gasteiger partial charge is 0.465 e. The van der Waals surface area contributed by atoms with E-state index < -0.39 is 14.3 Å². The van der Waals surface area contributed by atoms with E-state index in [1.165, 1.54) is 13.3 Å². The van der Waals surface area contributed by atoms with Crippen LogP contribution in [0.25, 0.3) is 0 Å². The van der Waals surface area contributed by atoms with Crippen LogP contribution in [0, 0.1) is 0 Å². The third kappa shape index (κ3) is 9.94. The van der Waals surface area contributed by atoms with Crippen molar-refractivity contribution in [2.45, 2.75) is 58.2 Å². The van der Waals surface area contributed by atoms with Crippen LogP contribution in [-0.4, -0.2) is 76.0 Å². The Labute approximate surface area is 187 Å². The third-order valence-electron chi connectivity index (χ3n) is 5.35. The van der Waals surface area contributed by atoms with Crippen LogP contribution < -0.4 is 10.6 Å². The van der Waals surface area contributed by atoms with Crippen molar-refractivity contribution in [1.82, 2.24) is 9.97 Å². The van der Waals surface area contributed by atoms with Gasteiger partial charge in [-0.15, -0.1) is 0 Å². The molecule has 31 heavy (non-hydrogen) atoms. The van der Waals surface area contributed by atoms with Crippen molar-refractivity contribution >= 4 is 26.1 Å². The number of anilines is 2. The van der Waals surface area contributed by atoms with Gasteiger partial charge < -0.3 is 29.6 Å². The molecule has 0 spiro atoms. The lowest BCUT2D eigenvalue weighted by Gasteiger charge is -2.36. The van der Waals surface area contributed by atoms with E-state index >= 15 is 0 Å². The molecule has 178 valence electrons. The molecule has 0 aromatic carbocycles. The van der Waals surface area contributed by atoms with Crippen molar-refractivity contribution < 1.29 is 23.8 Å². The zero-order valence-electron chi connectivity index (χ0n) is 19.9. The van der Waals surface area contributed by atoms with Gasteiger partial charge in [-0.2, -0.15) is 4.98 Å². The number of methoxy groups -OCH3 is 1. The van der Waals surface area contributed by atoms with Crippen LogP contribution >= 0.6 is 0 Å². The van der Waals surface area contributed by atoms with E-state index in [9.17, 15) is 4.79 Å². The number of carbonyl (C=O) groups excluding carboxylic acids is 1. The first-order valence-electron chi connectivity index (χ1n) is 10.9. The monoisotopic (exact) mass is 456 g/mol. The molecule has 0 saturated heterocycles. The third-order valence-corrected chi connectivity index (χ3v) is 9.89. The summed E-state index contributed by atoms with van der Waals surface area (Å²) in [7, 11) is -0.435. The van der Waals surface area contributed by atoms with Gasteiger partial charge in [-0.3, -0.25) is 0 Å². The van der Waals surface area contributed by atoms with Crippen LogP contribution in [0.5, 0.6) is 0 Å². The summed E-state index contributed by atoms with van der Waals surface area (Å²) in [5.74, 6) is 0.337. The molecule has 0 amide bonds. The average molecular weight is 457 g/mol. The van der Waals surface area contributed by atoms with E-state index in [1.54, 1.807) is 0 Å². The van der Waals surface area contributed by atoms with Gasteiger partial charge >= 0.3 is 5.97 Å². The quantitative estimate of drug-likeness (QED) is 0.208. The van der Waals surface area contributed by atoms with E-state index in [2.05, 4.69) is 54.5 Å². The number of aliphatic hydroxyl groups excluding tert-OH is 1. The Hall–Kier alpha value is -1.75. The van der Waals surface area contributed by atoms with Crippen molar-refractivity contribution in [2.75, 3.05) is 57.3 Å². The number of hydrogen-bond donors (Lipinski definition) is 3. The number of hydrogen-bond acceptors (Lipinski definition) is 9. The van der Waals surface area contributed by atoms with Crippen LogP contribution in [0.2, 0.25) is 18.1 Å². The molecule has 0 bridgehead atoms. The lowest BCUT2D eigenvalue weighted by molar-refractivity contribution is 0.0601. The maximum absolute atomic E-state index is 12.0. The summed E-state index contributed by atoms with van der Waals surface area (Å²) in [6, 6.07) is 0. The Balaban J connectivity index is 2.48. The predicted octanol–water partition coefficient (Wildman–Crippen LogP) is 3.29. The van der Waals surface area contributed by atoms with Crippen molar-refractivity contribution in [3.63, 3.8) is 0 Å². The second-order valence-corrected chi connectivity index (χ2v) is 13.6. The van der Waals surface area contributed by atoms with Crippen LogP contribution in [-0.2, 0) is 13.9 Å². The molecule has 1 heterocycles. The Bertz CT molecular complexity index is 668. The maximum atomic E-state index is 12.0. The highest BCUT2D eigenvalue weighted by molar-refractivity contribution is 6.74. The van der Waals surface area contributed by atoms with E-state index in [4.69, 9.17) is 19.0 Å². The number of aliphatic hydroxyl groups is 1. The molecule has 1 aromatic rings. The number of unbranched alkanes of at least 4 members (excludes halogenated alkanes) is 2. The molecular formula is C21H40N4O5Si. The lowest BCUT2D eigenvalue weighted by atomic mass is 10.2. The standard InChI is InChI=1S/C21H40N4O5Si/c1-21(2,3)31(5,6)30-15-14-29-13-11-22-18-17(19(27)28-4)16-24-20(25-18)23-10-8-7-9-12-26/h16,26H,7-15H2,1-6H3,(H2,22,23,24,25). The van der Waals surface area contributed by atoms with Crippen molar-refractivity contribution in [3.05, 3.63) is 11.8 Å². The number of nitrogens with zero attached hydrogens (tertiary/aromatic N) is 2. The second-order valence-electron chi connectivity index (χ2n) is 8.81. The first kappa shape index (κ1) is 27.3. The molecule has 0 unspecified atom stereocenters. The summed E-state index contributed by atoms with van der Waals surface area (Å²) in [5, 5.41) is 15.3. The first-order valence-corrected chi connectivity index (χ1v) is 13.8. The molecule has 0 fully saturated rings. The molecule has 0 aliphatic rings. The van der Waals surface area contributed by atoms with Gasteiger partial charge in [0.1, 0.15) is 11.4 Å². The van der Waals surface area contributed by atoms with Gasteiger partial charge in [0.25, 0.3) is 0 Å². The van der Waals surface area contributed by atoms with Crippen LogP contribution in [0.1, 0.15) is 50.4 Å². The summed E-state index contributed by atoms with van der Waals surface area (Å²) in [5.41, 5.74) is 0.273. The van der Waals surface area contributed by atoms with E-state index in [-0.39, 0.29) is 17.2 Å². The number of aromatic nitrogens is 2. The highest BCUT2D eigenvalue weighted by Crippen LogP contribution is 2.36. The summed E-state index contributed by atoms with van der Waals surface area (Å²) in [6.45, 7) is 14.0. The molecule has 3 N–H and O–H groups in total. The molecule has 0 saturated carbocycles. The predicted molar refractivity (Wildman–Crippen MR) is 125 cm³/mol. The lowest BCUT2D eigenvalue weighted by Crippen LogP contribution is -2.41. The van der Waals surface area contributed by atoms with Crippen LogP contribution in [0.3, 0.4) is 0 Å². The maximum Gasteiger partial charge on any atom is 0.343 e. The van der Waals surface area contributed by atoms with Gasteiger partial charge in [-0.05, 0) is 37.4 Å². The minimum absolute atomic E-state index is 0.177. The Kier molecular flexibility index (Phi) is 12.0. The normalized spacial score (nSPS) is 12.0.